The molecule has 0 unspecified atom stereocenters. The molecule has 3 aromatic carbocycles. The number of unbranched alkanes of at least 4 members (excludes halogenated alkanes) is 2. The monoisotopic (exact) mass is 585 g/mol. The van der Waals surface area contributed by atoms with Crippen LogP contribution in [0, 0.1) is 5.41 Å². The van der Waals surface area contributed by atoms with Crippen LogP contribution in [0.3, 0.4) is 0 Å². The van der Waals surface area contributed by atoms with Gasteiger partial charge in [-0.05, 0) is 101 Å². The summed E-state index contributed by atoms with van der Waals surface area (Å²) in [5, 5.41) is 10.7. The minimum atomic E-state index is -0.358. The zero-order valence-electron chi connectivity index (χ0n) is 25.8. The predicted molar refractivity (Wildman–Crippen MR) is 171 cm³/mol. The Bertz CT molecular complexity index is 1360. The van der Waals surface area contributed by atoms with Gasteiger partial charge in [-0.15, -0.1) is 0 Å². The first kappa shape index (κ1) is 32.9. The highest BCUT2D eigenvalue weighted by Crippen LogP contribution is 2.29. The Morgan fingerprint density at radius 2 is 1.44 bits per heavy atom. The fourth-order valence-electron chi connectivity index (χ4n) is 4.58. The van der Waals surface area contributed by atoms with Crippen molar-refractivity contribution in [2.24, 2.45) is 0 Å². The first-order chi connectivity index (χ1) is 20.7. The maximum absolute atomic E-state index is 13.0. The lowest BCUT2D eigenvalue weighted by atomic mass is 10.1. The molecule has 0 bridgehead atoms. The average molecular weight is 586 g/mol. The van der Waals surface area contributed by atoms with Crippen molar-refractivity contribution in [1.82, 2.24) is 10.2 Å². The molecule has 0 saturated carbocycles. The van der Waals surface area contributed by atoms with E-state index < -0.39 is 0 Å². The van der Waals surface area contributed by atoms with Crippen molar-refractivity contribution in [1.29, 1.82) is 5.41 Å². The van der Waals surface area contributed by atoms with Crippen molar-refractivity contribution in [3.8, 4) is 17.2 Å². The number of hydrogen-bond acceptors (Lipinski definition) is 6. The molecule has 8 nitrogen and oxygen atoms in total. The topological polar surface area (TPSA) is 101 Å². The van der Waals surface area contributed by atoms with Crippen LogP contribution in [-0.2, 0) is 4.79 Å². The molecule has 0 saturated heterocycles. The van der Waals surface area contributed by atoms with E-state index in [9.17, 15) is 9.59 Å². The van der Waals surface area contributed by atoms with Crippen LogP contribution < -0.4 is 19.5 Å². The van der Waals surface area contributed by atoms with Gasteiger partial charge >= 0.3 is 0 Å². The molecular weight excluding hydrogens is 542 g/mol. The molecule has 0 aliphatic rings. The standard InChI is InChI=1S/C35H43N3O5/c1-25(2)38(26(3)4)35(40)29-17-20-31(32(24-29)41-5)43-23-11-7-10-22-42-30-18-15-28(16-19-30)34(36)37-33(39)21-14-27-12-8-6-9-13-27/h6,8-9,12-21,24-26H,7,10-11,22-23H2,1-5H3,(H2,36,37,39). The molecule has 0 atom stereocenters. The zero-order chi connectivity index (χ0) is 31.2. The number of amides is 2. The smallest absolute Gasteiger partial charge is 0.254 e. The van der Waals surface area contributed by atoms with Crippen molar-refractivity contribution in [2.45, 2.75) is 59.0 Å². The molecule has 2 N–H and O–H groups in total. The fraction of sp³-hybridized carbons (Fsp3) is 0.343. The third-order valence-corrected chi connectivity index (χ3v) is 6.69. The molecule has 3 rings (SSSR count). The van der Waals surface area contributed by atoms with E-state index >= 15 is 0 Å². The summed E-state index contributed by atoms with van der Waals surface area (Å²) in [5.41, 5.74) is 2.09. The van der Waals surface area contributed by atoms with Crippen molar-refractivity contribution in [3.05, 3.63) is 95.6 Å². The number of nitrogens with one attached hydrogen (secondary N) is 2. The summed E-state index contributed by atoms with van der Waals surface area (Å²) < 4.78 is 17.3. The van der Waals surface area contributed by atoms with Crippen LogP contribution in [0.25, 0.3) is 6.08 Å². The largest absolute Gasteiger partial charge is 0.494 e. The van der Waals surface area contributed by atoms with Crippen molar-refractivity contribution in [2.75, 3.05) is 20.3 Å². The Labute approximate surface area is 255 Å². The van der Waals surface area contributed by atoms with Gasteiger partial charge in [-0.3, -0.25) is 15.0 Å². The van der Waals surface area contributed by atoms with E-state index in [1.165, 1.54) is 6.08 Å². The number of benzene rings is 3. The number of carbonyl (C=O) groups is 2. The molecule has 0 aliphatic heterocycles. The Hall–Kier alpha value is -4.59. The Morgan fingerprint density at radius 3 is 2.07 bits per heavy atom. The second-order valence-electron chi connectivity index (χ2n) is 10.7. The van der Waals surface area contributed by atoms with Crippen LogP contribution in [0.4, 0.5) is 0 Å². The van der Waals surface area contributed by atoms with Gasteiger partial charge in [-0.2, -0.15) is 0 Å². The van der Waals surface area contributed by atoms with Gasteiger partial charge in [0.15, 0.2) is 11.5 Å². The molecule has 8 heteroatoms. The van der Waals surface area contributed by atoms with E-state index in [2.05, 4.69) is 5.32 Å². The van der Waals surface area contributed by atoms with Crippen molar-refractivity contribution in [3.63, 3.8) is 0 Å². The molecule has 0 aromatic heterocycles. The summed E-state index contributed by atoms with van der Waals surface area (Å²) in [7, 11) is 1.58. The third-order valence-electron chi connectivity index (χ3n) is 6.69. The van der Waals surface area contributed by atoms with E-state index in [1.54, 1.807) is 55.7 Å². The lowest BCUT2D eigenvalue weighted by Crippen LogP contribution is -2.42. The SMILES string of the molecule is COc1cc(C(=O)N(C(C)C)C(C)C)ccc1OCCCCCOc1ccc(C(=N)NC(=O)C=Cc2ccccc2)cc1. The second kappa shape index (κ2) is 16.8. The molecule has 228 valence electrons. The van der Waals surface area contributed by atoms with E-state index in [-0.39, 0.29) is 29.7 Å². The first-order valence-electron chi connectivity index (χ1n) is 14.7. The number of ether oxygens (including phenoxy) is 3. The van der Waals surface area contributed by atoms with Gasteiger partial charge in [0, 0.05) is 29.3 Å². The summed E-state index contributed by atoms with van der Waals surface area (Å²) in [6, 6.07) is 22.1. The lowest BCUT2D eigenvalue weighted by Gasteiger charge is -2.31. The normalized spacial score (nSPS) is 11.0. The van der Waals surface area contributed by atoms with Crippen LogP contribution in [-0.4, -0.2) is 55.0 Å². The van der Waals surface area contributed by atoms with E-state index in [1.807, 2.05) is 62.9 Å². The van der Waals surface area contributed by atoms with Gasteiger partial charge in [0.05, 0.1) is 20.3 Å². The predicted octanol–water partition coefficient (Wildman–Crippen LogP) is 6.74. The number of amidine groups is 1. The molecule has 43 heavy (non-hydrogen) atoms. The van der Waals surface area contributed by atoms with Gasteiger partial charge in [0.1, 0.15) is 11.6 Å². The number of hydrogen-bond donors (Lipinski definition) is 2. The molecule has 3 aromatic rings. The molecule has 0 heterocycles. The van der Waals surface area contributed by atoms with E-state index in [0.717, 1.165) is 24.8 Å². The number of carbonyl (C=O) groups excluding carboxylic acids is 2. The molecule has 0 fully saturated rings. The van der Waals surface area contributed by atoms with Crippen LogP contribution >= 0.6 is 0 Å². The van der Waals surface area contributed by atoms with Crippen molar-refractivity contribution >= 4 is 23.7 Å². The Balaban J connectivity index is 1.36. The summed E-state index contributed by atoms with van der Waals surface area (Å²) >= 11 is 0. The Morgan fingerprint density at radius 1 is 0.814 bits per heavy atom. The number of rotatable bonds is 15. The highest BCUT2D eigenvalue weighted by molar-refractivity contribution is 6.10. The lowest BCUT2D eigenvalue weighted by molar-refractivity contribution is -0.115. The number of methoxy groups -OCH3 is 1. The minimum Gasteiger partial charge on any atom is -0.494 e. The van der Waals surface area contributed by atoms with Gasteiger partial charge in [0.25, 0.3) is 5.91 Å². The van der Waals surface area contributed by atoms with Crippen LogP contribution in [0.2, 0.25) is 0 Å². The van der Waals surface area contributed by atoms with Crippen LogP contribution in [0.15, 0.2) is 78.9 Å². The summed E-state index contributed by atoms with van der Waals surface area (Å²) in [4.78, 5) is 27.0. The third kappa shape index (κ3) is 10.3. The molecule has 0 aliphatic carbocycles. The number of nitrogens with zero attached hydrogens (tertiary/aromatic N) is 1. The van der Waals surface area contributed by atoms with E-state index in [4.69, 9.17) is 19.6 Å². The second-order valence-corrected chi connectivity index (χ2v) is 10.7. The average Bonchev–Trinajstić information content (AvgIpc) is 3.00. The molecule has 2 amide bonds. The Kier molecular flexibility index (Phi) is 12.8. The fourth-order valence-corrected chi connectivity index (χ4v) is 4.58. The molecular formula is C35H43N3O5. The van der Waals surface area contributed by atoms with Gasteiger partial charge in [0.2, 0.25) is 5.91 Å². The van der Waals surface area contributed by atoms with Crippen molar-refractivity contribution < 1.29 is 23.8 Å². The maximum atomic E-state index is 13.0. The minimum absolute atomic E-state index is 0.0264. The zero-order valence-corrected chi connectivity index (χ0v) is 25.8. The van der Waals surface area contributed by atoms with Gasteiger partial charge < -0.3 is 24.4 Å². The highest BCUT2D eigenvalue weighted by atomic mass is 16.5. The van der Waals surface area contributed by atoms with Crippen LogP contribution in [0.5, 0.6) is 17.2 Å². The molecule has 0 spiro atoms. The molecule has 0 radical (unpaired) electrons. The van der Waals surface area contributed by atoms with Gasteiger partial charge in [-0.25, -0.2) is 0 Å². The highest BCUT2D eigenvalue weighted by Gasteiger charge is 2.22. The quantitative estimate of drug-likeness (QED) is 0.0891. The summed E-state index contributed by atoms with van der Waals surface area (Å²) in [6.45, 7) is 9.12. The summed E-state index contributed by atoms with van der Waals surface area (Å²) in [6.07, 6.45) is 5.74. The maximum Gasteiger partial charge on any atom is 0.254 e. The van der Waals surface area contributed by atoms with E-state index in [0.29, 0.717) is 41.6 Å². The first-order valence-corrected chi connectivity index (χ1v) is 14.7. The van der Waals surface area contributed by atoms with Crippen LogP contribution in [0.1, 0.15) is 68.4 Å². The van der Waals surface area contributed by atoms with Gasteiger partial charge in [-0.1, -0.05) is 30.3 Å². The summed E-state index contributed by atoms with van der Waals surface area (Å²) in [5.74, 6) is 1.51.